The van der Waals surface area contributed by atoms with Crippen LogP contribution in [0.25, 0.3) is 0 Å². The molecule has 2 aromatic rings. The number of ether oxygens (including phenoxy) is 1. The number of aromatic nitrogens is 1. The van der Waals surface area contributed by atoms with Crippen LogP contribution in [0.15, 0.2) is 41.1 Å². The molecule has 0 radical (unpaired) electrons. The molecule has 0 aliphatic heterocycles. The number of rotatable bonds is 7. The molecular formula is C14H17N3O3. The lowest BCUT2D eigenvalue weighted by Gasteiger charge is -2.06. The zero-order chi connectivity index (χ0) is 14.2. The molecule has 0 spiro atoms. The van der Waals surface area contributed by atoms with Gasteiger partial charge in [-0.05, 0) is 24.3 Å². The molecule has 20 heavy (non-hydrogen) atoms. The van der Waals surface area contributed by atoms with Crippen molar-refractivity contribution in [1.82, 2.24) is 10.3 Å². The second-order valence-electron chi connectivity index (χ2n) is 4.11. The van der Waals surface area contributed by atoms with Crippen LogP contribution in [0.5, 0.6) is 0 Å². The smallest absolute Gasteiger partial charge is 0.253 e. The molecule has 1 amide bonds. The Morgan fingerprint density at radius 1 is 1.40 bits per heavy atom. The Labute approximate surface area is 117 Å². The van der Waals surface area contributed by atoms with Gasteiger partial charge in [0.25, 0.3) is 5.91 Å². The first-order valence-electron chi connectivity index (χ1n) is 6.29. The highest BCUT2D eigenvalue weighted by Gasteiger charge is 2.06. The number of methoxy groups -OCH3 is 1. The number of amides is 1. The quantitative estimate of drug-likeness (QED) is 0.752. The third kappa shape index (κ3) is 4.10. The van der Waals surface area contributed by atoms with E-state index < -0.39 is 0 Å². The molecule has 2 heterocycles. The molecule has 106 valence electrons. The lowest BCUT2D eigenvalue weighted by Crippen LogP contribution is -2.22. The van der Waals surface area contributed by atoms with Gasteiger partial charge in [-0.3, -0.25) is 4.79 Å². The summed E-state index contributed by atoms with van der Waals surface area (Å²) in [5, 5.41) is 5.84. The Morgan fingerprint density at radius 2 is 2.30 bits per heavy atom. The number of furan rings is 1. The maximum atomic E-state index is 11.9. The molecule has 0 atom stereocenters. The number of pyridine rings is 1. The second kappa shape index (κ2) is 7.30. The lowest BCUT2D eigenvalue weighted by atomic mass is 10.2. The van der Waals surface area contributed by atoms with Crippen LogP contribution in [0.2, 0.25) is 0 Å². The number of nitrogens with one attached hydrogen (secondary N) is 2. The van der Waals surface area contributed by atoms with Gasteiger partial charge in [0.05, 0.1) is 25.0 Å². The summed E-state index contributed by atoms with van der Waals surface area (Å²) >= 11 is 0. The van der Waals surface area contributed by atoms with Crippen molar-refractivity contribution in [2.75, 3.05) is 25.6 Å². The van der Waals surface area contributed by atoms with Crippen LogP contribution in [-0.2, 0) is 11.3 Å². The zero-order valence-electron chi connectivity index (χ0n) is 11.3. The van der Waals surface area contributed by atoms with Gasteiger partial charge in [0.2, 0.25) is 0 Å². The Bertz CT molecular complexity index is 523. The summed E-state index contributed by atoms with van der Waals surface area (Å²) in [6.07, 6.45) is 3.11. The third-order valence-corrected chi connectivity index (χ3v) is 2.64. The molecule has 0 aromatic carbocycles. The van der Waals surface area contributed by atoms with Crippen molar-refractivity contribution in [2.45, 2.75) is 6.54 Å². The van der Waals surface area contributed by atoms with Crippen molar-refractivity contribution in [3.8, 4) is 0 Å². The maximum absolute atomic E-state index is 11.9. The zero-order valence-corrected chi connectivity index (χ0v) is 11.3. The van der Waals surface area contributed by atoms with Gasteiger partial charge in [0.1, 0.15) is 11.6 Å². The van der Waals surface area contributed by atoms with Gasteiger partial charge in [-0.15, -0.1) is 0 Å². The molecule has 2 aromatic heterocycles. The fourth-order valence-corrected chi connectivity index (χ4v) is 1.60. The van der Waals surface area contributed by atoms with Crippen LogP contribution in [0, 0.1) is 0 Å². The molecule has 0 saturated heterocycles. The van der Waals surface area contributed by atoms with Gasteiger partial charge < -0.3 is 19.8 Å². The van der Waals surface area contributed by atoms with E-state index in [1.54, 1.807) is 37.6 Å². The summed E-state index contributed by atoms with van der Waals surface area (Å²) in [6.45, 7) is 1.64. The first-order chi connectivity index (χ1) is 9.79. The van der Waals surface area contributed by atoms with Gasteiger partial charge in [-0.25, -0.2) is 4.98 Å². The number of carbonyl (C=O) groups is 1. The summed E-state index contributed by atoms with van der Waals surface area (Å²) < 4.78 is 10.1. The molecule has 0 fully saturated rings. The van der Waals surface area contributed by atoms with Gasteiger partial charge in [0, 0.05) is 19.9 Å². The number of hydrogen-bond donors (Lipinski definition) is 2. The topological polar surface area (TPSA) is 76.4 Å². The molecule has 0 aliphatic rings. The van der Waals surface area contributed by atoms with Crippen LogP contribution in [0.4, 0.5) is 5.82 Å². The normalized spacial score (nSPS) is 10.2. The van der Waals surface area contributed by atoms with E-state index in [4.69, 9.17) is 9.15 Å². The molecule has 0 bridgehead atoms. The summed E-state index contributed by atoms with van der Waals surface area (Å²) in [5.41, 5.74) is 0.508. The van der Waals surface area contributed by atoms with E-state index in [9.17, 15) is 4.79 Å². The van der Waals surface area contributed by atoms with Crippen molar-refractivity contribution in [2.24, 2.45) is 0 Å². The summed E-state index contributed by atoms with van der Waals surface area (Å²) in [7, 11) is 1.64. The van der Waals surface area contributed by atoms with Crippen molar-refractivity contribution < 1.29 is 13.9 Å². The van der Waals surface area contributed by atoms with Crippen LogP contribution in [-0.4, -0.2) is 31.2 Å². The molecule has 0 saturated carbocycles. The van der Waals surface area contributed by atoms with Crippen molar-refractivity contribution in [3.05, 3.63) is 48.0 Å². The molecule has 0 aliphatic carbocycles. The molecule has 6 nitrogen and oxygen atoms in total. The minimum atomic E-state index is -0.183. The van der Waals surface area contributed by atoms with E-state index in [-0.39, 0.29) is 5.91 Å². The molecule has 2 N–H and O–H groups in total. The van der Waals surface area contributed by atoms with E-state index in [1.807, 2.05) is 0 Å². The lowest BCUT2D eigenvalue weighted by molar-refractivity contribution is 0.0947. The first kappa shape index (κ1) is 14.1. The van der Waals surface area contributed by atoms with Crippen LogP contribution in [0.1, 0.15) is 16.1 Å². The third-order valence-electron chi connectivity index (χ3n) is 2.64. The monoisotopic (exact) mass is 275 g/mol. The summed E-state index contributed by atoms with van der Waals surface area (Å²) in [6, 6.07) is 7.07. The number of hydrogen-bond acceptors (Lipinski definition) is 5. The highest BCUT2D eigenvalue weighted by atomic mass is 16.5. The van der Waals surface area contributed by atoms with Crippen molar-refractivity contribution in [3.63, 3.8) is 0 Å². The van der Waals surface area contributed by atoms with Gasteiger partial charge >= 0.3 is 0 Å². The van der Waals surface area contributed by atoms with E-state index in [2.05, 4.69) is 15.6 Å². The van der Waals surface area contributed by atoms with Crippen molar-refractivity contribution in [1.29, 1.82) is 0 Å². The largest absolute Gasteiger partial charge is 0.467 e. The standard InChI is InChI=1S/C14H17N3O3/c1-19-8-6-15-13-5-4-11(9-16-13)14(18)17-10-12-3-2-7-20-12/h2-5,7,9H,6,8,10H2,1H3,(H,15,16)(H,17,18). The van der Waals surface area contributed by atoms with Crippen LogP contribution >= 0.6 is 0 Å². The predicted octanol–water partition coefficient (Wildman–Crippen LogP) is 1.66. The second-order valence-corrected chi connectivity index (χ2v) is 4.11. The fraction of sp³-hybridized carbons (Fsp3) is 0.286. The Hall–Kier alpha value is -2.34. The summed E-state index contributed by atoms with van der Waals surface area (Å²) in [4.78, 5) is 16.0. The van der Waals surface area contributed by atoms with Crippen molar-refractivity contribution >= 4 is 11.7 Å². The Morgan fingerprint density at radius 3 is 2.95 bits per heavy atom. The minimum Gasteiger partial charge on any atom is -0.467 e. The highest BCUT2D eigenvalue weighted by Crippen LogP contribution is 2.05. The number of carbonyl (C=O) groups excluding carboxylic acids is 1. The van der Waals surface area contributed by atoms with E-state index in [0.29, 0.717) is 36.8 Å². The molecular weight excluding hydrogens is 258 g/mol. The number of anilines is 1. The fourth-order valence-electron chi connectivity index (χ4n) is 1.60. The van der Waals surface area contributed by atoms with Gasteiger partial charge in [-0.1, -0.05) is 0 Å². The van der Waals surface area contributed by atoms with E-state index in [1.165, 1.54) is 6.20 Å². The van der Waals surface area contributed by atoms with E-state index >= 15 is 0 Å². The van der Waals surface area contributed by atoms with Gasteiger partial charge in [0.15, 0.2) is 0 Å². The Balaban J connectivity index is 1.84. The SMILES string of the molecule is COCCNc1ccc(C(=O)NCc2ccco2)cn1. The van der Waals surface area contributed by atoms with Crippen LogP contribution < -0.4 is 10.6 Å². The van der Waals surface area contributed by atoms with E-state index in [0.717, 1.165) is 0 Å². The van der Waals surface area contributed by atoms with Gasteiger partial charge in [-0.2, -0.15) is 0 Å². The van der Waals surface area contributed by atoms with Crippen LogP contribution in [0.3, 0.4) is 0 Å². The average molecular weight is 275 g/mol. The minimum absolute atomic E-state index is 0.183. The number of nitrogens with zero attached hydrogens (tertiary/aromatic N) is 1. The Kier molecular flexibility index (Phi) is 5.14. The highest BCUT2D eigenvalue weighted by molar-refractivity contribution is 5.93. The average Bonchev–Trinajstić information content (AvgIpc) is 2.99. The summed E-state index contributed by atoms with van der Waals surface area (Å²) in [5.74, 6) is 1.24. The maximum Gasteiger partial charge on any atom is 0.253 e. The molecule has 0 unspecified atom stereocenters. The predicted molar refractivity (Wildman–Crippen MR) is 74.5 cm³/mol. The first-order valence-corrected chi connectivity index (χ1v) is 6.29. The molecule has 2 rings (SSSR count). The molecule has 6 heteroatoms.